The Bertz CT molecular complexity index is 1820. The van der Waals surface area contributed by atoms with Crippen LogP contribution in [-0.4, -0.2) is 0 Å². The van der Waals surface area contributed by atoms with Gasteiger partial charge in [-0.25, -0.2) is 4.39 Å². The maximum Gasteiger partial charge on any atom is 0.125 e. The van der Waals surface area contributed by atoms with E-state index in [2.05, 4.69) is 148 Å². The zero-order chi connectivity index (χ0) is 33.1. The van der Waals surface area contributed by atoms with Gasteiger partial charge in [-0.2, -0.15) is 0 Å². The molecule has 1 heterocycles. The van der Waals surface area contributed by atoms with E-state index in [1.54, 1.807) is 17.4 Å². The van der Waals surface area contributed by atoms with Gasteiger partial charge in [-0.05, 0) is 91.9 Å². The van der Waals surface area contributed by atoms with E-state index in [-0.39, 0.29) is 27.5 Å². The van der Waals surface area contributed by atoms with E-state index in [1.807, 2.05) is 12.1 Å². The number of rotatable bonds is 4. The van der Waals surface area contributed by atoms with Gasteiger partial charge in [0.15, 0.2) is 0 Å². The van der Waals surface area contributed by atoms with Crippen molar-refractivity contribution in [2.75, 3.05) is 4.90 Å². The minimum absolute atomic E-state index is 0.00729. The molecule has 0 N–H and O–H groups in total. The number of fused-ring (bicyclic) bond motifs is 1. The second kappa shape index (κ2) is 11.4. The molecule has 0 atom stereocenters. The van der Waals surface area contributed by atoms with E-state index < -0.39 is 0 Å². The molecule has 0 amide bonds. The van der Waals surface area contributed by atoms with Crippen LogP contribution in [0, 0.1) is 5.82 Å². The van der Waals surface area contributed by atoms with Crippen LogP contribution in [0.15, 0.2) is 84.2 Å². The quantitative estimate of drug-likeness (QED) is 0.193. The molecule has 1 nitrogen and oxygen atoms in total. The third-order valence-electron chi connectivity index (χ3n) is 8.81. The molecule has 1 aromatic heterocycles. The Morgan fingerprint density at radius 2 is 1.09 bits per heavy atom. The van der Waals surface area contributed by atoms with Crippen LogP contribution in [0.5, 0.6) is 0 Å². The molecular weight excluding hydrogens is 570 g/mol. The Labute approximate surface area is 275 Å². The van der Waals surface area contributed by atoms with Crippen molar-refractivity contribution < 1.29 is 4.39 Å². The molecule has 0 saturated carbocycles. The van der Waals surface area contributed by atoms with E-state index in [4.69, 9.17) is 0 Å². The number of nitrogens with zero attached hydrogens (tertiary/aromatic N) is 1. The Balaban J connectivity index is 1.89. The molecule has 4 aromatic carbocycles. The molecule has 0 aliphatic heterocycles. The van der Waals surface area contributed by atoms with E-state index >= 15 is 4.39 Å². The maximum atomic E-state index is 15.0. The summed E-state index contributed by atoms with van der Waals surface area (Å²) < 4.78 is 16.2. The Morgan fingerprint density at radius 1 is 0.533 bits per heavy atom. The van der Waals surface area contributed by atoms with Gasteiger partial charge < -0.3 is 4.90 Å². The summed E-state index contributed by atoms with van der Waals surface area (Å²) in [4.78, 5) is 2.27. The Hall–Kier alpha value is -3.43. The fourth-order valence-electron chi connectivity index (χ4n) is 5.76. The SMILES string of the molecule is CC(C)(C)c1cc(-c2cc(C(C)(C)C)ccc2N(c2cccc(F)c2)c2csc3ccc(C(C)(C)C)cc23)cc(C(C)(C)C)c1. The van der Waals surface area contributed by atoms with Crippen molar-refractivity contribution in [2.24, 2.45) is 0 Å². The van der Waals surface area contributed by atoms with Crippen LogP contribution in [0.25, 0.3) is 21.2 Å². The van der Waals surface area contributed by atoms with Crippen LogP contribution < -0.4 is 4.90 Å². The van der Waals surface area contributed by atoms with Gasteiger partial charge in [-0.15, -0.1) is 11.3 Å². The van der Waals surface area contributed by atoms with Crippen molar-refractivity contribution in [3.8, 4) is 11.1 Å². The van der Waals surface area contributed by atoms with Crippen molar-refractivity contribution in [1.82, 2.24) is 0 Å². The molecule has 3 heteroatoms. The predicted molar refractivity (Wildman–Crippen MR) is 197 cm³/mol. The summed E-state index contributed by atoms with van der Waals surface area (Å²) in [5.41, 5.74) is 10.3. The summed E-state index contributed by atoms with van der Waals surface area (Å²) in [5.74, 6) is -0.245. The molecule has 0 unspecified atom stereocenters. The summed E-state index contributed by atoms with van der Waals surface area (Å²) >= 11 is 1.74. The Kier molecular flexibility index (Phi) is 8.36. The first kappa shape index (κ1) is 32.9. The molecule has 0 bridgehead atoms. The third-order valence-corrected chi connectivity index (χ3v) is 9.76. The lowest BCUT2D eigenvalue weighted by Crippen LogP contribution is -2.17. The fraction of sp³-hybridized carbons (Fsp3) is 0.381. The van der Waals surface area contributed by atoms with Gasteiger partial charge >= 0.3 is 0 Å². The van der Waals surface area contributed by atoms with Crippen LogP contribution in [-0.2, 0) is 21.7 Å². The molecule has 0 fully saturated rings. The van der Waals surface area contributed by atoms with Crippen LogP contribution in [0.2, 0.25) is 0 Å². The molecule has 45 heavy (non-hydrogen) atoms. The Morgan fingerprint density at radius 3 is 1.64 bits per heavy atom. The molecule has 5 aromatic rings. The number of benzene rings is 4. The number of hydrogen-bond acceptors (Lipinski definition) is 2. The lowest BCUT2D eigenvalue weighted by atomic mass is 9.78. The van der Waals surface area contributed by atoms with Crippen molar-refractivity contribution in [2.45, 2.75) is 105 Å². The molecule has 0 saturated heterocycles. The maximum absolute atomic E-state index is 15.0. The van der Waals surface area contributed by atoms with Crippen LogP contribution in [0.1, 0.15) is 105 Å². The molecule has 0 aliphatic carbocycles. The average molecular weight is 620 g/mol. The van der Waals surface area contributed by atoms with Crippen LogP contribution >= 0.6 is 11.3 Å². The van der Waals surface area contributed by atoms with Gasteiger partial charge in [0.2, 0.25) is 0 Å². The summed E-state index contributed by atoms with van der Waals surface area (Å²) in [6.07, 6.45) is 0. The monoisotopic (exact) mass is 619 g/mol. The summed E-state index contributed by atoms with van der Waals surface area (Å²) in [5, 5.41) is 3.41. The summed E-state index contributed by atoms with van der Waals surface area (Å²) in [6.45, 7) is 27.3. The van der Waals surface area contributed by atoms with Gasteiger partial charge in [-0.3, -0.25) is 0 Å². The van der Waals surface area contributed by atoms with E-state index in [1.165, 1.54) is 44.0 Å². The molecule has 236 valence electrons. The van der Waals surface area contributed by atoms with Crippen molar-refractivity contribution >= 4 is 38.5 Å². The topological polar surface area (TPSA) is 3.24 Å². The zero-order valence-electron chi connectivity index (χ0n) is 29.3. The first-order valence-electron chi connectivity index (χ1n) is 16.1. The van der Waals surface area contributed by atoms with E-state index in [0.29, 0.717) is 0 Å². The molecule has 0 radical (unpaired) electrons. The highest BCUT2D eigenvalue weighted by Crippen LogP contribution is 2.48. The highest BCUT2D eigenvalue weighted by Gasteiger charge is 2.27. The molecular formula is C42H50FNS. The lowest BCUT2D eigenvalue weighted by molar-refractivity contribution is 0.569. The first-order chi connectivity index (χ1) is 20.7. The molecule has 5 rings (SSSR count). The number of thiophene rings is 1. The third kappa shape index (κ3) is 6.89. The minimum Gasteiger partial charge on any atom is -0.308 e. The van der Waals surface area contributed by atoms with Gasteiger partial charge in [0.25, 0.3) is 0 Å². The van der Waals surface area contributed by atoms with Crippen LogP contribution in [0.4, 0.5) is 21.5 Å². The van der Waals surface area contributed by atoms with Crippen molar-refractivity contribution in [3.63, 3.8) is 0 Å². The highest BCUT2D eigenvalue weighted by atomic mass is 32.1. The molecule has 0 spiro atoms. The van der Waals surface area contributed by atoms with E-state index in [9.17, 15) is 0 Å². The number of hydrogen-bond donors (Lipinski definition) is 0. The van der Waals surface area contributed by atoms with Crippen molar-refractivity contribution in [3.05, 3.63) is 112 Å². The fourth-order valence-corrected chi connectivity index (χ4v) is 6.66. The van der Waals surface area contributed by atoms with Crippen molar-refractivity contribution in [1.29, 1.82) is 0 Å². The minimum atomic E-state index is -0.245. The number of halogens is 1. The van der Waals surface area contributed by atoms with Gasteiger partial charge in [0, 0.05) is 26.7 Å². The second-order valence-electron chi connectivity index (χ2n) is 16.7. The molecule has 0 aliphatic rings. The predicted octanol–water partition coefficient (Wildman–Crippen LogP) is 13.4. The van der Waals surface area contributed by atoms with Gasteiger partial charge in [0.1, 0.15) is 5.82 Å². The first-order valence-corrected chi connectivity index (χ1v) is 17.0. The average Bonchev–Trinajstić information content (AvgIpc) is 3.34. The lowest BCUT2D eigenvalue weighted by Gasteiger charge is -2.31. The van der Waals surface area contributed by atoms with E-state index in [0.717, 1.165) is 22.6 Å². The van der Waals surface area contributed by atoms with Crippen LogP contribution in [0.3, 0.4) is 0 Å². The summed E-state index contributed by atoms with van der Waals surface area (Å²) in [6, 6.07) is 27.8. The largest absolute Gasteiger partial charge is 0.308 e. The summed E-state index contributed by atoms with van der Waals surface area (Å²) in [7, 11) is 0. The highest BCUT2D eigenvalue weighted by molar-refractivity contribution is 7.17. The second-order valence-corrected chi connectivity index (χ2v) is 17.6. The van der Waals surface area contributed by atoms with Gasteiger partial charge in [-0.1, -0.05) is 119 Å². The zero-order valence-corrected chi connectivity index (χ0v) is 30.1. The van der Waals surface area contributed by atoms with Gasteiger partial charge in [0.05, 0.1) is 11.4 Å². The smallest absolute Gasteiger partial charge is 0.125 e. The number of anilines is 3. The standard InChI is InChI=1S/C42H50FNS/c1-39(2,3)28-16-18-36(34(23-28)27-20-30(41(7,8)9)22-31(21-27)42(10,11)12)44(33-15-13-14-32(43)25-33)37-26-45-38-19-17-29(24-35(37)38)40(4,5)6/h13-26H,1-12H3. The normalized spacial score (nSPS) is 13.0.